The molecule has 3 amide bonds. The molecule has 0 radical (unpaired) electrons. The summed E-state index contributed by atoms with van der Waals surface area (Å²) in [6, 6.07) is 4.47. The predicted octanol–water partition coefficient (Wildman–Crippen LogP) is 2.05. The van der Waals surface area contributed by atoms with Gasteiger partial charge in [0.05, 0.1) is 16.8 Å². The third kappa shape index (κ3) is 3.78. The molecule has 1 heterocycles. The highest BCUT2D eigenvalue weighted by Crippen LogP contribution is 2.22. The van der Waals surface area contributed by atoms with Crippen LogP contribution in [0.3, 0.4) is 0 Å². The molecule has 21 heavy (non-hydrogen) atoms. The van der Waals surface area contributed by atoms with Crippen molar-refractivity contribution >= 4 is 34.9 Å². The molecule has 0 aromatic heterocycles. The number of amides is 3. The van der Waals surface area contributed by atoms with Crippen molar-refractivity contribution in [3.63, 3.8) is 0 Å². The molecule has 7 heteroatoms. The van der Waals surface area contributed by atoms with Crippen molar-refractivity contribution in [2.45, 2.75) is 32.4 Å². The molecule has 0 spiro atoms. The Balaban J connectivity index is 1.90. The number of halogens is 1. The summed E-state index contributed by atoms with van der Waals surface area (Å²) in [6.07, 6.45) is 0.327. The van der Waals surface area contributed by atoms with Gasteiger partial charge in [0, 0.05) is 24.7 Å². The van der Waals surface area contributed by atoms with E-state index in [2.05, 4.69) is 10.6 Å². The van der Waals surface area contributed by atoms with Crippen LogP contribution in [-0.4, -0.2) is 35.5 Å². The molecule has 114 valence electrons. The van der Waals surface area contributed by atoms with E-state index in [1.165, 1.54) is 0 Å². The van der Waals surface area contributed by atoms with E-state index in [1.54, 1.807) is 23.1 Å². The number of urea groups is 1. The molecule has 1 fully saturated rings. The molecule has 4 N–H and O–H groups in total. The van der Waals surface area contributed by atoms with Gasteiger partial charge >= 0.3 is 6.03 Å². The number of nitrogens with zero attached hydrogens (tertiary/aromatic N) is 1. The number of benzene rings is 1. The number of hydrogen-bond donors (Lipinski definition) is 3. The third-order valence-corrected chi connectivity index (χ3v) is 3.70. The Bertz CT molecular complexity index is 562. The predicted molar refractivity (Wildman–Crippen MR) is 83.3 cm³/mol. The van der Waals surface area contributed by atoms with Crippen molar-refractivity contribution in [3.8, 4) is 0 Å². The van der Waals surface area contributed by atoms with E-state index in [0.717, 1.165) is 0 Å². The summed E-state index contributed by atoms with van der Waals surface area (Å²) in [4.78, 5) is 25.4. The second-order valence-electron chi connectivity index (χ2n) is 5.38. The van der Waals surface area contributed by atoms with Gasteiger partial charge in [0.15, 0.2) is 0 Å². The van der Waals surface area contributed by atoms with E-state index < -0.39 is 0 Å². The summed E-state index contributed by atoms with van der Waals surface area (Å²) in [6.45, 7) is 4.44. The molecular weight excluding hydrogens is 292 g/mol. The smallest absolute Gasteiger partial charge is 0.319 e. The number of likely N-dealkylation sites (tertiary alicyclic amines) is 1. The molecule has 1 unspecified atom stereocenters. The summed E-state index contributed by atoms with van der Waals surface area (Å²) in [5.74, 6) is 0.0610. The van der Waals surface area contributed by atoms with Crippen LogP contribution in [0.5, 0.6) is 0 Å². The molecule has 1 atom stereocenters. The molecule has 0 bridgehead atoms. The number of carbonyl (C=O) groups excluding carboxylic acids is 2. The van der Waals surface area contributed by atoms with Crippen LogP contribution in [0, 0.1) is 0 Å². The first kappa shape index (κ1) is 15.4. The van der Waals surface area contributed by atoms with Crippen molar-refractivity contribution in [1.29, 1.82) is 0 Å². The van der Waals surface area contributed by atoms with Crippen LogP contribution in [-0.2, 0) is 4.79 Å². The molecule has 0 aliphatic carbocycles. The fourth-order valence-electron chi connectivity index (χ4n) is 2.28. The zero-order chi connectivity index (χ0) is 15.6. The first-order chi connectivity index (χ1) is 9.86. The molecule has 1 aliphatic heterocycles. The van der Waals surface area contributed by atoms with Crippen molar-refractivity contribution < 1.29 is 9.59 Å². The second kappa shape index (κ2) is 6.22. The first-order valence-corrected chi connectivity index (χ1v) is 7.16. The van der Waals surface area contributed by atoms with E-state index in [1.807, 2.05) is 13.8 Å². The fourth-order valence-corrected chi connectivity index (χ4v) is 2.47. The maximum Gasteiger partial charge on any atom is 0.319 e. The largest absolute Gasteiger partial charge is 0.398 e. The minimum Gasteiger partial charge on any atom is -0.398 e. The van der Waals surface area contributed by atoms with Gasteiger partial charge in [-0.25, -0.2) is 4.79 Å². The molecule has 1 aromatic rings. The van der Waals surface area contributed by atoms with E-state index >= 15 is 0 Å². The van der Waals surface area contributed by atoms with Crippen molar-refractivity contribution in [3.05, 3.63) is 23.2 Å². The Hall–Kier alpha value is -1.95. The second-order valence-corrected chi connectivity index (χ2v) is 5.78. The monoisotopic (exact) mass is 310 g/mol. The number of hydrogen-bond acceptors (Lipinski definition) is 3. The van der Waals surface area contributed by atoms with Crippen LogP contribution in [0.25, 0.3) is 0 Å². The number of carbonyl (C=O) groups is 2. The van der Waals surface area contributed by atoms with Crippen molar-refractivity contribution in [2.75, 3.05) is 17.6 Å². The number of anilines is 2. The van der Waals surface area contributed by atoms with Crippen LogP contribution in [0.1, 0.15) is 20.3 Å². The van der Waals surface area contributed by atoms with Gasteiger partial charge in [-0.15, -0.1) is 0 Å². The van der Waals surface area contributed by atoms with Gasteiger partial charge in [0.1, 0.15) is 0 Å². The number of rotatable bonds is 3. The van der Waals surface area contributed by atoms with E-state index in [9.17, 15) is 9.59 Å². The van der Waals surface area contributed by atoms with Gasteiger partial charge in [-0.1, -0.05) is 11.6 Å². The lowest BCUT2D eigenvalue weighted by Gasteiger charge is -2.21. The van der Waals surface area contributed by atoms with Crippen LogP contribution in [0.2, 0.25) is 5.02 Å². The third-order valence-electron chi connectivity index (χ3n) is 3.38. The summed E-state index contributed by atoms with van der Waals surface area (Å²) in [5, 5.41) is 5.85. The summed E-state index contributed by atoms with van der Waals surface area (Å²) in [5.41, 5.74) is 6.61. The number of nitrogen functional groups attached to an aromatic ring is 1. The Morgan fingerprint density at radius 2 is 2.19 bits per heavy atom. The quantitative estimate of drug-likeness (QED) is 0.747. The normalized spacial score (nSPS) is 18.2. The first-order valence-electron chi connectivity index (χ1n) is 6.79. The van der Waals surface area contributed by atoms with E-state index in [-0.39, 0.29) is 24.0 Å². The minimum absolute atomic E-state index is 0.0610. The molecule has 1 aliphatic rings. The molecule has 1 saturated heterocycles. The fraction of sp³-hybridized carbons (Fsp3) is 0.429. The summed E-state index contributed by atoms with van der Waals surface area (Å²) in [7, 11) is 0. The van der Waals surface area contributed by atoms with Crippen LogP contribution in [0.15, 0.2) is 18.2 Å². The molecule has 1 aromatic carbocycles. The summed E-state index contributed by atoms with van der Waals surface area (Å²) >= 11 is 5.89. The lowest BCUT2D eigenvalue weighted by Crippen LogP contribution is -2.40. The maximum atomic E-state index is 11.9. The Morgan fingerprint density at radius 3 is 2.76 bits per heavy atom. The highest BCUT2D eigenvalue weighted by atomic mass is 35.5. The van der Waals surface area contributed by atoms with Gasteiger partial charge in [-0.3, -0.25) is 4.79 Å². The Labute approximate surface area is 128 Å². The van der Waals surface area contributed by atoms with E-state index in [0.29, 0.717) is 29.4 Å². The maximum absolute atomic E-state index is 11.9. The van der Waals surface area contributed by atoms with Crippen LogP contribution in [0.4, 0.5) is 16.2 Å². The molecular formula is C14H19ClN4O2. The highest BCUT2D eigenvalue weighted by Gasteiger charge is 2.31. The van der Waals surface area contributed by atoms with Gasteiger partial charge < -0.3 is 21.3 Å². The Morgan fingerprint density at radius 1 is 1.48 bits per heavy atom. The average molecular weight is 311 g/mol. The van der Waals surface area contributed by atoms with Crippen molar-refractivity contribution in [2.24, 2.45) is 0 Å². The number of nitrogens with two attached hydrogens (primary N) is 1. The molecule has 0 saturated carbocycles. The molecule has 6 nitrogen and oxygen atoms in total. The van der Waals surface area contributed by atoms with Crippen molar-refractivity contribution in [1.82, 2.24) is 10.2 Å². The summed E-state index contributed by atoms with van der Waals surface area (Å²) < 4.78 is 0. The van der Waals surface area contributed by atoms with E-state index in [4.69, 9.17) is 17.3 Å². The topological polar surface area (TPSA) is 87.5 Å². The standard InChI is InChI=1S/C14H19ClN4O2/c1-8(2)19-7-10(6-13(19)20)18-14(21)17-9-3-4-12(16)11(15)5-9/h3-5,8,10H,6-7,16H2,1-2H3,(H2,17,18,21). The Kier molecular flexibility index (Phi) is 4.57. The SMILES string of the molecule is CC(C)N1CC(NC(=O)Nc2ccc(N)c(Cl)c2)CC1=O. The average Bonchev–Trinajstić information content (AvgIpc) is 2.75. The van der Waals surface area contributed by atoms with Gasteiger partial charge in [-0.2, -0.15) is 0 Å². The van der Waals surface area contributed by atoms with Crippen LogP contribution >= 0.6 is 11.6 Å². The highest BCUT2D eigenvalue weighted by molar-refractivity contribution is 6.33. The van der Waals surface area contributed by atoms with Crippen LogP contribution < -0.4 is 16.4 Å². The number of nitrogens with one attached hydrogen (secondary N) is 2. The van der Waals surface area contributed by atoms with Gasteiger partial charge in [-0.05, 0) is 32.0 Å². The van der Waals surface area contributed by atoms with Gasteiger partial charge in [0.25, 0.3) is 0 Å². The lowest BCUT2D eigenvalue weighted by atomic mass is 10.2. The zero-order valence-electron chi connectivity index (χ0n) is 12.0. The minimum atomic E-state index is -0.362. The van der Waals surface area contributed by atoms with Gasteiger partial charge in [0.2, 0.25) is 5.91 Å². The lowest BCUT2D eigenvalue weighted by molar-refractivity contribution is -0.129. The zero-order valence-corrected chi connectivity index (χ0v) is 12.8. The molecule has 2 rings (SSSR count).